The van der Waals surface area contributed by atoms with Gasteiger partial charge < -0.3 is 53.4 Å². The van der Waals surface area contributed by atoms with Gasteiger partial charge in [0, 0.05) is 63.9 Å². The molecule has 15 unspecified atom stereocenters. The Hall–Kier alpha value is -3.45. The Bertz CT molecular complexity index is 1940. The summed E-state index contributed by atoms with van der Waals surface area (Å²) in [7, 11) is 3.01. The summed E-state index contributed by atoms with van der Waals surface area (Å²) in [5.74, 6) is -7.60. The van der Waals surface area contributed by atoms with Gasteiger partial charge in [-0.15, -0.1) is 0 Å². The molecule has 3 N–H and O–H groups in total. The normalized spacial score (nSPS) is 38.5. The van der Waals surface area contributed by atoms with Crippen LogP contribution in [0.1, 0.15) is 132 Å². The van der Waals surface area contributed by atoms with Crippen LogP contribution in [0.3, 0.4) is 0 Å². The Labute approximate surface area is 434 Å². The molecule has 0 aromatic carbocycles. The highest BCUT2D eigenvalue weighted by Gasteiger charge is 2.53. The minimum absolute atomic E-state index is 0.00640. The number of aliphatic hydroxyl groups excluding tert-OH is 2. The SMILES string of the molecule is COC1CC(CC(C)C2CC(=O)C(C)/C=C(\C)C(O)C(OC)C(=O)C(C)CC(C)/C=C/C=C/C=C(\C)C(OCCC3COC3)CC3CCC(C)C(O)(O3)C(=O)C(=O)N3CCCCC3C(=O)O2)CCC1OCCO. The molecule has 0 radical (unpaired) electrons. The van der Waals surface area contributed by atoms with Crippen molar-refractivity contribution in [1.29, 1.82) is 0 Å². The van der Waals surface area contributed by atoms with Crippen molar-refractivity contribution in [2.75, 3.05) is 53.8 Å². The van der Waals surface area contributed by atoms with Gasteiger partial charge in [0.15, 0.2) is 5.78 Å². The average Bonchev–Trinajstić information content (AvgIpc) is 3.35. The van der Waals surface area contributed by atoms with Gasteiger partial charge in [-0.3, -0.25) is 19.2 Å². The van der Waals surface area contributed by atoms with E-state index < -0.39 is 77.8 Å². The molecule has 73 heavy (non-hydrogen) atoms. The third kappa shape index (κ3) is 16.8. The van der Waals surface area contributed by atoms with Gasteiger partial charge in [-0.05, 0) is 113 Å². The fourth-order valence-electron chi connectivity index (χ4n) is 11.2. The van der Waals surface area contributed by atoms with Crippen LogP contribution in [-0.2, 0) is 57.1 Å². The number of piperidine rings is 1. The Morgan fingerprint density at radius 1 is 0.836 bits per heavy atom. The quantitative estimate of drug-likeness (QED) is 0.107. The van der Waals surface area contributed by atoms with E-state index in [0.29, 0.717) is 89.1 Å². The predicted octanol–water partition coefficient (Wildman–Crippen LogP) is 6.60. The molecule has 16 heteroatoms. The van der Waals surface area contributed by atoms with Crippen molar-refractivity contribution < 1.29 is 72.5 Å². The van der Waals surface area contributed by atoms with Crippen LogP contribution in [0.5, 0.6) is 0 Å². The molecule has 1 saturated carbocycles. The van der Waals surface area contributed by atoms with Gasteiger partial charge in [0.2, 0.25) is 5.79 Å². The van der Waals surface area contributed by atoms with Crippen molar-refractivity contribution in [2.24, 2.45) is 41.4 Å². The molecule has 0 spiro atoms. The summed E-state index contributed by atoms with van der Waals surface area (Å²) in [5.41, 5.74) is 1.29. The highest BCUT2D eigenvalue weighted by molar-refractivity contribution is 6.39. The highest BCUT2D eigenvalue weighted by Crippen LogP contribution is 2.38. The Balaban J connectivity index is 1.46. The molecule has 3 saturated heterocycles. The third-order valence-corrected chi connectivity index (χ3v) is 16.1. The fourth-order valence-corrected chi connectivity index (χ4v) is 11.2. The molecule has 0 aromatic rings. The maximum atomic E-state index is 14.6. The lowest BCUT2D eigenvalue weighted by atomic mass is 9.78. The molecule has 5 rings (SSSR count). The first-order valence-electron chi connectivity index (χ1n) is 27.2. The van der Waals surface area contributed by atoms with E-state index in [-0.39, 0.29) is 74.1 Å². The van der Waals surface area contributed by atoms with Crippen molar-refractivity contribution in [3.63, 3.8) is 0 Å². The summed E-state index contributed by atoms with van der Waals surface area (Å²) in [6, 6.07) is -1.15. The zero-order valence-corrected chi connectivity index (χ0v) is 45.2. The molecule has 4 heterocycles. The fraction of sp³-hybridized carbons (Fsp3) is 0.772. The lowest BCUT2D eigenvalue weighted by molar-refractivity contribution is -0.266. The van der Waals surface area contributed by atoms with Crippen LogP contribution in [0.2, 0.25) is 0 Å². The van der Waals surface area contributed by atoms with E-state index in [2.05, 4.69) is 0 Å². The number of amides is 1. The number of methoxy groups -OCH3 is 2. The van der Waals surface area contributed by atoms with E-state index in [1.54, 1.807) is 34.0 Å². The van der Waals surface area contributed by atoms with Gasteiger partial charge >= 0.3 is 5.97 Å². The van der Waals surface area contributed by atoms with Gasteiger partial charge in [0.25, 0.3) is 11.7 Å². The van der Waals surface area contributed by atoms with Crippen molar-refractivity contribution in [3.8, 4) is 0 Å². The lowest BCUT2D eigenvalue weighted by Crippen LogP contribution is -2.61. The first kappa shape index (κ1) is 60.4. The number of aliphatic hydroxyl groups is 3. The Morgan fingerprint density at radius 3 is 2.27 bits per heavy atom. The molecule has 5 aliphatic rings. The molecule has 4 fully saturated rings. The minimum atomic E-state index is -2.45. The van der Waals surface area contributed by atoms with Crippen LogP contribution in [0.25, 0.3) is 0 Å². The van der Waals surface area contributed by atoms with E-state index in [0.717, 1.165) is 18.4 Å². The molecule has 15 atom stereocenters. The van der Waals surface area contributed by atoms with Crippen LogP contribution < -0.4 is 0 Å². The average molecular weight is 1030 g/mol. The minimum Gasteiger partial charge on any atom is -0.460 e. The van der Waals surface area contributed by atoms with E-state index in [1.807, 2.05) is 58.1 Å². The van der Waals surface area contributed by atoms with E-state index in [4.69, 9.17) is 33.2 Å². The van der Waals surface area contributed by atoms with Crippen LogP contribution in [-0.4, -0.2) is 158 Å². The van der Waals surface area contributed by atoms with Crippen LogP contribution in [0.15, 0.2) is 47.6 Å². The Morgan fingerprint density at radius 2 is 1.59 bits per heavy atom. The standard InChI is InChI=1S/C57H89NO15/c1-35-15-11-10-12-16-36(2)48(70-25-22-43-33-69-34-43)31-44-20-18-41(7)57(66,73-44)54(63)55(64)58-23-14-13-17-45(58)56(65)72-49(38(4)29-42-19-21-47(71-26-24-59)50(30-42)67-8)32-46(60)37(3)28-40(6)52(62)53(68-9)51(61)39(5)27-35/h10-12,15-16,28,35,37-39,41-45,47-50,52-53,59,62,66H,13-14,17-27,29-34H2,1-9H3/b12-10+,15-11+,36-16+,40-28+. The van der Waals surface area contributed by atoms with Crippen LogP contribution in [0, 0.1) is 41.4 Å². The number of ketones is 3. The molecule has 1 aliphatic carbocycles. The molecule has 1 amide bonds. The Kier molecular flexibility index (Phi) is 24.1. The number of ether oxygens (including phenoxy) is 7. The second-order valence-electron chi connectivity index (χ2n) is 22.0. The number of esters is 1. The van der Waals surface area contributed by atoms with Gasteiger partial charge in [-0.2, -0.15) is 0 Å². The molecular weight excluding hydrogens is 939 g/mol. The topological polar surface area (TPSA) is 214 Å². The molecule has 2 bridgehead atoms. The van der Waals surface area contributed by atoms with Gasteiger partial charge in [0.05, 0.1) is 50.8 Å². The van der Waals surface area contributed by atoms with E-state index in [1.165, 1.54) is 12.0 Å². The van der Waals surface area contributed by atoms with Gasteiger partial charge in [-0.25, -0.2) is 4.79 Å². The maximum Gasteiger partial charge on any atom is 0.329 e. The summed E-state index contributed by atoms with van der Waals surface area (Å²) in [6.07, 6.45) is 12.9. The van der Waals surface area contributed by atoms with E-state index >= 15 is 0 Å². The zero-order chi connectivity index (χ0) is 53.4. The number of nitrogens with zero attached hydrogens (tertiary/aromatic N) is 1. The van der Waals surface area contributed by atoms with Crippen molar-refractivity contribution in [1.82, 2.24) is 4.90 Å². The van der Waals surface area contributed by atoms with Crippen molar-refractivity contribution in [2.45, 2.75) is 186 Å². The first-order valence-corrected chi connectivity index (χ1v) is 27.2. The molecule has 412 valence electrons. The smallest absolute Gasteiger partial charge is 0.329 e. The highest BCUT2D eigenvalue weighted by atomic mass is 16.6. The molecular formula is C57H89NO15. The van der Waals surface area contributed by atoms with Crippen LogP contribution in [0.4, 0.5) is 0 Å². The molecule has 0 aromatic heterocycles. The summed E-state index contributed by atoms with van der Waals surface area (Å²) in [6.45, 7) is 14.8. The summed E-state index contributed by atoms with van der Waals surface area (Å²) < 4.78 is 41.8. The molecule has 16 nitrogen and oxygen atoms in total. The maximum absolute atomic E-state index is 14.6. The van der Waals surface area contributed by atoms with Crippen molar-refractivity contribution in [3.05, 3.63) is 47.6 Å². The number of carbonyl (C=O) groups excluding carboxylic acids is 5. The number of carbonyl (C=O) groups is 5. The van der Waals surface area contributed by atoms with Crippen molar-refractivity contribution >= 4 is 29.2 Å². The second-order valence-corrected chi connectivity index (χ2v) is 22.0. The lowest BCUT2D eigenvalue weighted by Gasteiger charge is -2.43. The third-order valence-electron chi connectivity index (χ3n) is 16.1. The predicted molar refractivity (Wildman–Crippen MR) is 274 cm³/mol. The summed E-state index contributed by atoms with van der Waals surface area (Å²) >= 11 is 0. The van der Waals surface area contributed by atoms with E-state index in [9.17, 15) is 39.3 Å². The van der Waals surface area contributed by atoms with Crippen LogP contribution >= 0.6 is 0 Å². The number of fused-ring (bicyclic) bond motifs is 3. The number of hydrogen-bond acceptors (Lipinski definition) is 15. The number of hydrogen-bond donors (Lipinski definition) is 3. The number of Topliss-reactive ketones (excluding diaryl/α,β-unsaturated/α-hetero) is 3. The van der Waals surface area contributed by atoms with Gasteiger partial charge in [0.1, 0.15) is 30.1 Å². The number of cyclic esters (lactones) is 1. The summed E-state index contributed by atoms with van der Waals surface area (Å²) in [5, 5.41) is 33.1. The summed E-state index contributed by atoms with van der Waals surface area (Å²) in [4.78, 5) is 72.8. The molecule has 4 aliphatic heterocycles. The monoisotopic (exact) mass is 1030 g/mol. The van der Waals surface area contributed by atoms with Gasteiger partial charge in [-0.1, -0.05) is 71.1 Å². The first-order chi connectivity index (χ1) is 34.8. The second kappa shape index (κ2) is 29.2. The largest absolute Gasteiger partial charge is 0.460 e. The zero-order valence-electron chi connectivity index (χ0n) is 45.2. The number of rotatable bonds is 12. The number of allylic oxidation sites excluding steroid dienone is 6.